The summed E-state index contributed by atoms with van der Waals surface area (Å²) in [5.74, 6) is 2.01. The van der Waals surface area contributed by atoms with E-state index in [9.17, 15) is 9.59 Å². The van der Waals surface area contributed by atoms with Crippen LogP contribution >= 0.6 is 0 Å². The van der Waals surface area contributed by atoms with Crippen LogP contribution in [-0.4, -0.2) is 43.7 Å². The molecule has 0 unspecified atom stereocenters. The Morgan fingerprint density at radius 2 is 1.90 bits per heavy atom. The Balaban J connectivity index is 1.28. The standard InChI is InChI=1S/C22H24N2O5/c1-27-18-4-2-3-15(11-18)12-21(25)24-9-7-16(8-10-24)22(26)23-17-5-6-19-20(13-17)29-14-28-19/h2-6,11,13,16H,7-10,12,14H2,1H3,(H,23,26). The van der Waals surface area contributed by atoms with Gasteiger partial charge in [0.1, 0.15) is 5.75 Å². The van der Waals surface area contributed by atoms with E-state index in [2.05, 4.69) is 5.32 Å². The van der Waals surface area contributed by atoms with Crippen molar-refractivity contribution in [3.63, 3.8) is 0 Å². The number of carbonyl (C=O) groups excluding carboxylic acids is 2. The summed E-state index contributed by atoms with van der Waals surface area (Å²) < 4.78 is 15.8. The van der Waals surface area contributed by atoms with Gasteiger partial charge in [0.25, 0.3) is 0 Å². The molecule has 2 aromatic carbocycles. The number of hydrogen-bond acceptors (Lipinski definition) is 5. The summed E-state index contributed by atoms with van der Waals surface area (Å²) in [6.07, 6.45) is 1.64. The fourth-order valence-electron chi connectivity index (χ4n) is 3.68. The minimum atomic E-state index is -0.110. The number of piperidine rings is 1. The van der Waals surface area contributed by atoms with Crippen molar-refractivity contribution in [2.45, 2.75) is 19.3 Å². The van der Waals surface area contributed by atoms with Crippen molar-refractivity contribution < 1.29 is 23.8 Å². The highest BCUT2D eigenvalue weighted by molar-refractivity contribution is 5.93. The van der Waals surface area contributed by atoms with E-state index in [4.69, 9.17) is 14.2 Å². The van der Waals surface area contributed by atoms with Crippen molar-refractivity contribution >= 4 is 17.5 Å². The maximum atomic E-state index is 12.6. The quantitative estimate of drug-likeness (QED) is 0.841. The van der Waals surface area contributed by atoms with Crippen LogP contribution in [0.5, 0.6) is 17.2 Å². The van der Waals surface area contributed by atoms with Crippen LogP contribution < -0.4 is 19.5 Å². The van der Waals surface area contributed by atoms with Crippen LogP contribution in [0.4, 0.5) is 5.69 Å². The van der Waals surface area contributed by atoms with Crippen LogP contribution in [0.15, 0.2) is 42.5 Å². The Bertz CT molecular complexity index is 906. The maximum Gasteiger partial charge on any atom is 0.231 e. The molecule has 1 fully saturated rings. The van der Waals surface area contributed by atoms with Crippen molar-refractivity contribution in [2.75, 3.05) is 32.3 Å². The third-order valence-corrected chi connectivity index (χ3v) is 5.35. The highest BCUT2D eigenvalue weighted by Gasteiger charge is 2.27. The lowest BCUT2D eigenvalue weighted by atomic mass is 9.95. The molecule has 152 valence electrons. The van der Waals surface area contributed by atoms with Crippen LogP contribution in [0.25, 0.3) is 0 Å². The average molecular weight is 396 g/mol. The molecule has 2 aromatic rings. The first-order chi connectivity index (χ1) is 14.1. The van der Waals surface area contributed by atoms with Crippen molar-refractivity contribution in [1.82, 2.24) is 4.90 Å². The van der Waals surface area contributed by atoms with Gasteiger partial charge in [-0.15, -0.1) is 0 Å². The van der Waals surface area contributed by atoms with E-state index in [1.54, 1.807) is 25.3 Å². The van der Waals surface area contributed by atoms with Gasteiger partial charge in [-0.25, -0.2) is 0 Å². The molecule has 0 saturated carbocycles. The second-order valence-electron chi connectivity index (χ2n) is 7.24. The maximum absolute atomic E-state index is 12.6. The number of likely N-dealkylation sites (tertiary alicyclic amines) is 1. The molecule has 0 atom stereocenters. The number of anilines is 1. The van der Waals surface area contributed by atoms with E-state index >= 15 is 0 Å². The summed E-state index contributed by atoms with van der Waals surface area (Å²) >= 11 is 0. The summed E-state index contributed by atoms with van der Waals surface area (Å²) in [4.78, 5) is 27.0. The molecule has 0 radical (unpaired) electrons. The van der Waals surface area contributed by atoms with Crippen LogP contribution in [0.2, 0.25) is 0 Å². The molecule has 4 rings (SSSR count). The minimum absolute atomic E-state index is 0.0243. The fourth-order valence-corrected chi connectivity index (χ4v) is 3.68. The molecule has 2 heterocycles. The topological polar surface area (TPSA) is 77.1 Å². The molecule has 0 aromatic heterocycles. The lowest BCUT2D eigenvalue weighted by Gasteiger charge is -2.31. The lowest BCUT2D eigenvalue weighted by Crippen LogP contribution is -2.42. The number of methoxy groups -OCH3 is 1. The van der Waals surface area contributed by atoms with Crippen molar-refractivity contribution in [3.05, 3.63) is 48.0 Å². The zero-order valence-corrected chi connectivity index (χ0v) is 16.3. The molecule has 7 nitrogen and oxygen atoms in total. The average Bonchev–Trinajstić information content (AvgIpc) is 3.22. The highest BCUT2D eigenvalue weighted by atomic mass is 16.7. The molecule has 7 heteroatoms. The van der Waals surface area contributed by atoms with Gasteiger partial charge in [-0.3, -0.25) is 9.59 Å². The lowest BCUT2D eigenvalue weighted by molar-refractivity contribution is -0.133. The molecule has 1 N–H and O–H groups in total. The van der Waals surface area contributed by atoms with Gasteiger partial charge < -0.3 is 24.4 Å². The molecule has 0 aliphatic carbocycles. The monoisotopic (exact) mass is 396 g/mol. The number of amides is 2. The second-order valence-corrected chi connectivity index (χ2v) is 7.24. The van der Waals surface area contributed by atoms with Gasteiger partial charge in [-0.2, -0.15) is 0 Å². The molecule has 2 amide bonds. The zero-order valence-electron chi connectivity index (χ0n) is 16.3. The number of benzene rings is 2. The smallest absolute Gasteiger partial charge is 0.231 e. The normalized spacial score (nSPS) is 15.8. The SMILES string of the molecule is COc1cccc(CC(=O)N2CCC(C(=O)Nc3ccc4c(c3)OCO4)CC2)c1. The Labute approximate surface area is 169 Å². The van der Waals surface area contributed by atoms with Gasteiger partial charge in [-0.05, 0) is 42.7 Å². The molecule has 1 saturated heterocycles. The number of ether oxygens (including phenoxy) is 3. The minimum Gasteiger partial charge on any atom is -0.497 e. The third-order valence-electron chi connectivity index (χ3n) is 5.35. The highest BCUT2D eigenvalue weighted by Crippen LogP contribution is 2.34. The van der Waals surface area contributed by atoms with E-state index in [0.717, 1.165) is 11.3 Å². The number of nitrogens with zero attached hydrogens (tertiary/aromatic N) is 1. The summed E-state index contributed by atoms with van der Waals surface area (Å²) in [6.45, 7) is 1.37. The Morgan fingerprint density at radius 3 is 2.69 bits per heavy atom. The predicted molar refractivity (Wildman–Crippen MR) is 107 cm³/mol. The van der Waals surface area contributed by atoms with E-state index in [-0.39, 0.29) is 24.5 Å². The number of rotatable bonds is 5. The number of fused-ring (bicyclic) bond motifs is 1. The van der Waals surface area contributed by atoms with E-state index in [1.165, 1.54) is 0 Å². The van der Waals surface area contributed by atoms with Gasteiger partial charge >= 0.3 is 0 Å². The summed E-state index contributed by atoms with van der Waals surface area (Å²) in [5, 5.41) is 2.95. The Hall–Kier alpha value is -3.22. The van der Waals surface area contributed by atoms with Gasteiger partial charge in [0.15, 0.2) is 11.5 Å². The van der Waals surface area contributed by atoms with Gasteiger partial charge in [0.05, 0.1) is 13.5 Å². The molecule has 0 spiro atoms. The van der Waals surface area contributed by atoms with E-state index in [0.29, 0.717) is 49.5 Å². The molecule has 29 heavy (non-hydrogen) atoms. The van der Waals surface area contributed by atoms with E-state index < -0.39 is 0 Å². The van der Waals surface area contributed by atoms with Gasteiger partial charge in [0, 0.05) is 30.8 Å². The predicted octanol–water partition coefficient (Wildman–Crippen LogP) is 2.84. The fraction of sp³-hybridized carbons (Fsp3) is 0.364. The molecule has 0 bridgehead atoms. The molecule has 2 aliphatic heterocycles. The Kier molecular flexibility index (Phi) is 5.55. The Morgan fingerprint density at radius 1 is 1.10 bits per heavy atom. The zero-order chi connectivity index (χ0) is 20.2. The third kappa shape index (κ3) is 4.45. The van der Waals surface area contributed by atoms with Crippen LogP contribution in [-0.2, 0) is 16.0 Å². The first kappa shape index (κ1) is 19.1. The first-order valence-electron chi connectivity index (χ1n) is 9.73. The van der Waals surface area contributed by atoms with Gasteiger partial charge in [0.2, 0.25) is 18.6 Å². The number of carbonyl (C=O) groups is 2. The molecule has 2 aliphatic rings. The van der Waals surface area contributed by atoms with Crippen LogP contribution in [0, 0.1) is 5.92 Å². The largest absolute Gasteiger partial charge is 0.497 e. The van der Waals surface area contributed by atoms with Crippen LogP contribution in [0.1, 0.15) is 18.4 Å². The second kappa shape index (κ2) is 8.43. The van der Waals surface area contributed by atoms with E-state index in [1.807, 2.05) is 29.2 Å². The molecular weight excluding hydrogens is 372 g/mol. The summed E-state index contributed by atoms with van der Waals surface area (Å²) in [5.41, 5.74) is 1.62. The summed E-state index contributed by atoms with van der Waals surface area (Å²) in [7, 11) is 1.61. The summed E-state index contributed by atoms with van der Waals surface area (Å²) in [6, 6.07) is 12.9. The van der Waals surface area contributed by atoms with Crippen LogP contribution in [0.3, 0.4) is 0 Å². The molecular formula is C22H24N2O5. The number of nitrogens with one attached hydrogen (secondary N) is 1. The first-order valence-corrected chi connectivity index (χ1v) is 9.73. The number of hydrogen-bond donors (Lipinski definition) is 1. The van der Waals surface area contributed by atoms with Crippen molar-refractivity contribution in [3.8, 4) is 17.2 Å². The van der Waals surface area contributed by atoms with Gasteiger partial charge in [-0.1, -0.05) is 12.1 Å². The van der Waals surface area contributed by atoms with Crippen molar-refractivity contribution in [2.24, 2.45) is 5.92 Å². The van der Waals surface area contributed by atoms with Crippen molar-refractivity contribution in [1.29, 1.82) is 0 Å².